The van der Waals surface area contributed by atoms with Crippen LogP contribution in [0.2, 0.25) is 0 Å². The number of carboxylic acid groups (broad SMARTS) is 1. The number of carboxylic acids is 1. The van der Waals surface area contributed by atoms with Crippen molar-refractivity contribution < 1.29 is 29.0 Å². The molecular formula is C30H40N2O6. The summed E-state index contributed by atoms with van der Waals surface area (Å²) in [6.45, 7) is 6.74. The van der Waals surface area contributed by atoms with Crippen LogP contribution in [0.4, 0.5) is 4.79 Å². The van der Waals surface area contributed by atoms with Crippen molar-refractivity contribution >= 4 is 17.8 Å². The number of amides is 2. The Bertz CT molecular complexity index is 1060. The largest absolute Gasteiger partial charge is 0.493 e. The van der Waals surface area contributed by atoms with Crippen molar-refractivity contribution in [3.05, 3.63) is 59.2 Å². The third-order valence-corrected chi connectivity index (χ3v) is 6.87. The Labute approximate surface area is 225 Å². The molecule has 3 rings (SSSR count). The van der Waals surface area contributed by atoms with E-state index in [9.17, 15) is 19.5 Å². The monoisotopic (exact) mass is 524 g/mol. The lowest BCUT2D eigenvalue weighted by Crippen LogP contribution is -2.47. The van der Waals surface area contributed by atoms with Gasteiger partial charge < -0.3 is 24.8 Å². The fourth-order valence-corrected chi connectivity index (χ4v) is 5.05. The SMILES string of the molecule is CCOc1cc(CN(CCCCc2ccccc2)C(=O)NC2CCC[C@@H]2C(=O)O)cc(OCC)c1C(C)=O. The molecule has 8 nitrogen and oxygen atoms in total. The molecule has 0 spiro atoms. The molecule has 2 atom stereocenters. The van der Waals surface area contributed by atoms with Crippen molar-refractivity contribution in [1.82, 2.24) is 10.2 Å². The van der Waals surface area contributed by atoms with Crippen LogP contribution in [0, 0.1) is 5.92 Å². The maximum absolute atomic E-state index is 13.4. The Balaban J connectivity index is 1.80. The van der Waals surface area contributed by atoms with Gasteiger partial charge in [-0.05, 0) is 76.1 Å². The van der Waals surface area contributed by atoms with Crippen molar-refractivity contribution in [2.45, 2.75) is 71.9 Å². The minimum atomic E-state index is -0.871. The van der Waals surface area contributed by atoms with Gasteiger partial charge in [-0.2, -0.15) is 0 Å². The summed E-state index contributed by atoms with van der Waals surface area (Å²) in [6.07, 6.45) is 4.61. The molecule has 0 heterocycles. The van der Waals surface area contributed by atoms with E-state index in [-0.39, 0.29) is 24.4 Å². The zero-order chi connectivity index (χ0) is 27.5. The highest BCUT2D eigenvalue weighted by Crippen LogP contribution is 2.32. The molecule has 2 amide bonds. The van der Waals surface area contributed by atoms with Crippen molar-refractivity contribution in [3.63, 3.8) is 0 Å². The van der Waals surface area contributed by atoms with Crippen LogP contribution in [0.1, 0.15) is 74.4 Å². The van der Waals surface area contributed by atoms with Crippen LogP contribution in [0.5, 0.6) is 11.5 Å². The van der Waals surface area contributed by atoms with Crippen LogP contribution in [-0.2, 0) is 17.8 Å². The first-order valence-electron chi connectivity index (χ1n) is 13.6. The molecule has 1 fully saturated rings. The highest BCUT2D eigenvalue weighted by atomic mass is 16.5. The molecule has 206 valence electrons. The van der Waals surface area contributed by atoms with Gasteiger partial charge in [0.15, 0.2) is 5.78 Å². The fourth-order valence-electron chi connectivity index (χ4n) is 5.05. The number of unbranched alkanes of at least 4 members (excludes halogenated alkanes) is 1. The first-order valence-corrected chi connectivity index (χ1v) is 13.6. The standard InChI is InChI=1S/C30H40N2O6/c1-4-37-26-18-23(19-27(38-5-2)28(26)21(3)33)20-32(17-10-9-14-22-12-7-6-8-13-22)30(36)31-25-16-11-15-24(25)29(34)35/h6-8,12-13,18-19,24-25H,4-5,9-11,14-17,20H2,1-3H3,(H,31,36)(H,34,35)/t24-,25?/m0/s1. The number of aryl methyl sites for hydroxylation is 1. The van der Waals surface area contributed by atoms with Gasteiger partial charge in [0.05, 0.1) is 19.1 Å². The van der Waals surface area contributed by atoms with E-state index in [2.05, 4.69) is 17.4 Å². The summed E-state index contributed by atoms with van der Waals surface area (Å²) in [7, 11) is 0. The summed E-state index contributed by atoms with van der Waals surface area (Å²) in [5.74, 6) is -0.716. The predicted molar refractivity (Wildman–Crippen MR) is 146 cm³/mol. The predicted octanol–water partition coefficient (Wildman–Crippen LogP) is 5.47. The number of urea groups is 1. The summed E-state index contributed by atoms with van der Waals surface area (Å²) in [5.41, 5.74) is 2.43. The van der Waals surface area contributed by atoms with Gasteiger partial charge in [0.1, 0.15) is 17.1 Å². The molecule has 8 heteroatoms. The molecule has 1 aliphatic carbocycles. The van der Waals surface area contributed by atoms with Gasteiger partial charge in [0.2, 0.25) is 0 Å². The number of benzene rings is 2. The Hall–Kier alpha value is -3.55. The minimum Gasteiger partial charge on any atom is -0.493 e. The number of nitrogens with zero attached hydrogens (tertiary/aromatic N) is 1. The molecule has 2 aromatic rings. The van der Waals surface area contributed by atoms with Crippen LogP contribution in [-0.4, -0.2) is 53.6 Å². The Morgan fingerprint density at radius 2 is 1.63 bits per heavy atom. The molecule has 2 aromatic carbocycles. The first-order chi connectivity index (χ1) is 18.3. The number of carbonyl (C=O) groups is 3. The number of aliphatic carboxylic acids is 1. The number of ether oxygens (including phenoxy) is 2. The fraction of sp³-hybridized carbons (Fsp3) is 0.500. The van der Waals surface area contributed by atoms with Crippen LogP contribution < -0.4 is 14.8 Å². The van der Waals surface area contributed by atoms with Crippen molar-refractivity contribution in [3.8, 4) is 11.5 Å². The van der Waals surface area contributed by atoms with Crippen LogP contribution in [0.3, 0.4) is 0 Å². The molecule has 38 heavy (non-hydrogen) atoms. The number of hydrogen-bond acceptors (Lipinski definition) is 5. The zero-order valence-corrected chi connectivity index (χ0v) is 22.7. The second-order valence-corrected chi connectivity index (χ2v) is 9.69. The van der Waals surface area contributed by atoms with Crippen LogP contribution in [0.15, 0.2) is 42.5 Å². The summed E-state index contributed by atoms with van der Waals surface area (Å²) in [6, 6.07) is 13.1. The van der Waals surface area contributed by atoms with E-state index in [0.717, 1.165) is 31.2 Å². The van der Waals surface area contributed by atoms with E-state index in [0.29, 0.717) is 49.7 Å². The summed E-state index contributed by atoms with van der Waals surface area (Å²) in [5, 5.41) is 12.6. The number of rotatable bonds is 14. The maximum Gasteiger partial charge on any atom is 0.317 e. The molecular weight excluding hydrogens is 484 g/mol. The zero-order valence-electron chi connectivity index (χ0n) is 22.7. The van der Waals surface area contributed by atoms with Gasteiger partial charge in [-0.1, -0.05) is 36.8 Å². The lowest BCUT2D eigenvalue weighted by atomic mass is 10.0. The molecule has 1 saturated carbocycles. The molecule has 0 bridgehead atoms. The number of Topliss-reactive ketones (excluding diaryl/α,β-unsaturated/α-hetero) is 1. The van der Waals surface area contributed by atoms with Gasteiger partial charge in [0, 0.05) is 19.1 Å². The Morgan fingerprint density at radius 1 is 0.974 bits per heavy atom. The summed E-state index contributed by atoms with van der Waals surface area (Å²) < 4.78 is 11.6. The molecule has 2 N–H and O–H groups in total. The summed E-state index contributed by atoms with van der Waals surface area (Å²) >= 11 is 0. The molecule has 0 saturated heterocycles. The number of nitrogens with one attached hydrogen (secondary N) is 1. The molecule has 0 aliphatic heterocycles. The van der Waals surface area contributed by atoms with E-state index in [1.54, 1.807) is 17.0 Å². The average molecular weight is 525 g/mol. The second kappa shape index (κ2) is 14.4. The average Bonchev–Trinajstić information content (AvgIpc) is 3.35. The molecule has 0 aromatic heterocycles. The lowest BCUT2D eigenvalue weighted by molar-refractivity contribution is -0.142. The number of hydrogen-bond donors (Lipinski definition) is 2. The van der Waals surface area contributed by atoms with E-state index in [1.165, 1.54) is 12.5 Å². The lowest BCUT2D eigenvalue weighted by Gasteiger charge is -2.27. The van der Waals surface area contributed by atoms with Crippen LogP contribution >= 0.6 is 0 Å². The number of ketones is 1. The summed E-state index contributed by atoms with van der Waals surface area (Å²) in [4.78, 5) is 39.2. The van der Waals surface area contributed by atoms with Gasteiger partial charge in [-0.15, -0.1) is 0 Å². The highest BCUT2D eigenvalue weighted by molar-refractivity contribution is 5.99. The smallest absolute Gasteiger partial charge is 0.317 e. The van der Waals surface area contributed by atoms with Crippen molar-refractivity contribution in [2.75, 3.05) is 19.8 Å². The number of carbonyl (C=O) groups excluding carboxylic acids is 2. The second-order valence-electron chi connectivity index (χ2n) is 9.69. The Kier molecular flexibility index (Phi) is 11.0. The maximum atomic E-state index is 13.4. The van der Waals surface area contributed by atoms with Crippen molar-refractivity contribution in [1.29, 1.82) is 0 Å². The van der Waals surface area contributed by atoms with Gasteiger partial charge in [-0.25, -0.2) is 4.79 Å². The third-order valence-electron chi connectivity index (χ3n) is 6.87. The van der Waals surface area contributed by atoms with Gasteiger partial charge in [0.25, 0.3) is 0 Å². The van der Waals surface area contributed by atoms with E-state index < -0.39 is 11.9 Å². The van der Waals surface area contributed by atoms with E-state index in [4.69, 9.17) is 9.47 Å². The molecule has 1 unspecified atom stereocenters. The first kappa shape index (κ1) is 29.0. The third kappa shape index (κ3) is 7.97. The van der Waals surface area contributed by atoms with Crippen LogP contribution in [0.25, 0.3) is 0 Å². The van der Waals surface area contributed by atoms with Gasteiger partial charge in [-0.3, -0.25) is 9.59 Å². The van der Waals surface area contributed by atoms with Gasteiger partial charge >= 0.3 is 12.0 Å². The normalized spacial score (nSPS) is 16.6. The van der Waals surface area contributed by atoms with E-state index >= 15 is 0 Å². The van der Waals surface area contributed by atoms with Crippen molar-refractivity contribution in [2.24, 2.45) is 5.92 Å². The minimum absolute atomic E-state index is 0.153. The Morgan fingerprint density at radius 3 is 2.21 bits per heavy atom. The molecule has 1 aliphatic rings. The molecule has 0 radical (unpaired) electrons. The highest BCUT2D eigenvalue weighted by Gasteiger charge is 2.34. The quantitative estimate of drug-likeness (QED) is 0.251. The topological polar surface area (TPSA) is 105 Å². The van der Waals surface area contributed by atoms with E-state index in [1.807, 2.05) is 32.0 Å².